The summed E-state index contributed by atoms with van der Waals surface area (Å²) in [7, 11) is 0. The summed E-state index contributed by atoms with van der Waals surface area (Å²) in [5.74, 6) is 1.22. The predicted octanol–water partition coefficient (Wildman–Crippen LogP) is 4.41. The Balaban J connectivity index is 2.48. The van der Waals surface area contributed by atoms with Gasteiger partial charge in [0.15, 0.2) is 0 Å². The van der Waals surface area contributed by atoms with Gasteiger partial charge in [0.1, 0.15) is 5.82 Å². The summed E-state index contributed by atoms with van der Waals surface area (Å²) in [6.45, 7) is 7.78. The lowest BCUT2D eigenvalue weighted by Crippen LogP contribution is -2.22. The summed E-state index contributed by atoms with van der Waals surface area (Å²) in [5, 5.41) is 0.998. The van der Waals surface area contributed by atoms with Gasteiger partial charge in [0.2, 0.25) is 0 Å². The largest absolute Gasteiger partial charge is 0.327 e. The Kier molecular flexibility index (Phi) is 4.10. The fraction of sp³-hybridized carbons (Fsp3) is 0.533. The molecule has 2 rings (SSSR count). The van der Waals surface area contributed by atoms with E-state index < -0.39 is 0 Å². The summed E-state index contributed by atoms with van der Waals surface area (Å²) in [6.07, 6.45) is 2.19. The van der Waals surface area contributed by atoms with Crippen LogP contribution in [0.4, 0.5) is 0 Å². The van der Waals surface area contributed by atoms with Crippen molar-refractivity contribution in [3.63, 3.8) is 0 Å². The van der Waals surface area contributed by atoms with Crippen molar-refractivity contribution in [2.24, 2.45) is 5.41 Å². The molecule has 0 aliphatic rings. The van der Waals surface area contributed by atoms with E-state index in [1.807, 2.05) is 0 Å². The summed E-state index contributed by atoms with van der Waals surface area (Å²) < 4.78 is 2.39. The number of hydrogen-bond acceptors (Lipinski definition) is 1. The quantitative estimate of drug-likeness (QED) is 0.748. The van der Waals surface area contributed by atoms with Crippen LogP contribution in [0.25, 0.3) is 11.0 Å². The number of nitrogens with zero attached hydrogens (tertiary/aromatic N) is 2. The van der Waals surface area contributed by atoms with Gasteiger partial charge in [0.05, 0.1) is 11.0 Å². The van der Waals surface area contributed by atoms with Crippen LogP contribution in [0, 0.1) is 5.41 Å². The topological polar surface area (TPSA) is 17.8 Å². The average Bonchev–Trinajstić information content (AvgIpc) is 2.68. The second-order valence-corrected chi connectivity index (χ2v) is 6.21. The highest BCUT2D eigenvalue weighted by Gasteiger charge is 2.20. The van der Waals surface area contributed by atoms with E-state index in [2.05, 4.69) is 65.5 Å². The maximum Gasteiger partial charge on any atom is 0.109 e. The number of halogens is 1. The van der Waals surface area contributed by atoms with Gasteiger partial charge in [0, 0.05) is 18.3 Å². The van der Waals surface area contributed by atoms with E-state index in [0.717, 1.165) is 30.2 Å². The van der Waals surface area contributed by atoms with Crippen LogP contribution in [-0.2, 0) is 13.0 Å². The molecule has 1 aromatic heterocycles. The van der Waals surface area contributed by atoms with E-state index >= 15 is 0 Å². The summed E-state index contributed by atoms with van der Waals surface area (Å²) in [5.41, 5.74) is 2.62. The molecule has 1 heterocycles. The van der Waals surface area contributed by atoms with Crippen LogP contribution in [0.2, 0.25) is 0 Å². The van der Waals surface area contributed by atoms with E-state index in [9.17, 15) is 0 Å². The highest BCUT2D eigenvalue weighted by molar-refractivity contribution is 9.09. The molecule has 1 aromatic carbocycles. The first-order valence-corrected chi connectivity index (χ1v) is 7.69. The molecule has 0 spiro atoms. The van der Waals surface area contributed by atoms with Crippen molar-refractivity contribution in [2.45, 2.75) is 40.2 Å². The van der Waals surface area contributed by atoms with Gasteiger partial charge in [-0.25, -0.2) is 4.98 Å². The van der Waals surface area contributed by atoms with Crippen molar-refractivity contribution in [3.05, 3.63) is 30.1 Å². The zero-order valence-corrected chi connectivity index (χ0v) is 13.0. The van der Waals surface area contributed by atoms with Gasteiger partial charge >= 0.3 is 0 Å². The molecule has 18 heavy (non-hydrogen) atoms. The molecule has 0 aliphatic heterocycles. The predicted molar refractivity (Wildman–Crippen MR) is 81.3 cm³/mol. The number of imidazole rings is 1. The third-order valence-corrected chi connectivity index (χ3v) is 4.67. The van der Waals surface area contributed by atoms with Gasteiger partial charge in [-0.1, -0.05) is 48.8 Å². The molecular weight excluding hydrogens is 288 g/mol. The van der Waals surface area contributed by atoms with Gasteiger partial charge in [-0.05, 0) is 24.0 Å². The number of aryl methyl sites for hydroxylation is 1. The first kappa shape index (κ1) is 13.6. The van der Waals surface area contributed by atoms with Crippen molar-refractivity contribution in [1.29, 1.82) is 0 Å². The monoisotopic (exact) mass is 308 g/mol. The molecule has 0 aliphatic carbocycles. The molecule has 0 fully saturated rings. The van der Waals surface area contributed by atoms with Crippen LogP contribution in [0.1, 0.15) is 33.0 Å². The van der Waals surface area contributed by atoms with Crippen LogP contribution in [-0.4, -0.2) is 14.9 Å². The Morgan fingerprint density at radius 2 is 2.00 bits per heavy atom. The van der Waals surface area contributed by atoms with Crippen LogP contribution in [0.5, 0.6) is 0 Å². The first-order chi connectivity index (χ1) is 8.57. The number of aromatic nitrogens is 2. The molecule has 98 valence electrons. The Bertz CT molecular complexity index is 528. The zero-order chi connectivity index (χ0) is 13.2. The minimum atomic E-state index is 0.242. The molecule has 2 aromatic rings. The molecule has 0 amide bonds. The first-order valence-electron chi connectivity index (χ1n) is 6.57. The molecule has 0 saturated heterocycles. The fourth-order valence-corrected chi connectivity index (χ4v) is 2.36. The van der Waals surface area contributed by atoms with E-state index in [4.69, 9.17) is 4.98 Å². The molecule has 2 nitrogen and oxygen atoms in total. The molecule has 0 radical (unpaired) electrons. The van der Waals surface area contributed by atoms with Crippen LogP contribution >= 0.6 is 15.9 Å². The number of hydrogen-bond donors (Lipinski definition) is 0. The number of benzene rings is 1. The van der Waals surface area contributed by atoms with Crippen molar-refractivity contribution >= 4 is 27.0 Å². The minimum Gasteiger partial charge on any atom is -0.327 e. The summed E-state index contributed by atoms with van der Waals surface area (Å²) in [6, 6.07) is 8.43. The van der Waals surface area contributed by atoms with E-state index in [1.165, 1.54) is 11.3 Å². The van der Waals surface area contributed by atoms with Crippen LogP contribution in [0.15, 0.2) is 24.3 Å². The van der Waals surface area contributed by atoms with Crippen molar-refractivity contribution in [1.82, 2.24) is 9.55 Å². The van der Waals surface area contributed by atoms with Gasteiger partial charge in [-0.2, -0.15) is 0 Å². The van der Waals surface area contributed by atoms with E-state index in [0.29, 0.717) is 0 Å². The van der Waals surface area contributed by atoms with Gasteiger partial charge in [0.25, 0.3) is 0 Å². The lowest BCUT2D eigenvalue weighted by atomic mass is 9.96. The average molecular weight is 309 g/mol. The smallest absolute Gasteiger partial charge is 0.109 e. The third kappa shape index (κ3) is 2.77. The number of para-hydroxylation sites is 2. The van der Waals surface area contributed by atoms with Crippen molar-refractivity contribution in [3.8, 4) is 0 Å². The fourth-order valence-electron chi connectivity index (χ4n) is 2.19. The zero-order valence-electron chi connectivity index (χ0n) is 11.4. The molecular formula is C15H21BrN2. The Morgan fingerprint density at radius 1 is 1.28 bits per heavy atom. The SMILES string of the molecule is CCCc1nc2ccccc2n1CC(C)(C)CBr. The Hall–Kier alpha value is -0.830. The summed E-state index contributed by atoms with van der Waals surface area (Å²) >= 11 is 3.61. The van der Waals surface area contributed by atoms with Gasteiger partial charge in [-0.3, -0.25) is 0 Å². The molecule has 0 bridgehead atoms. The number of alkyl halides is 1. The van der Waals surface area contributed by atoms with Crippen LogP contribution in [0.3, 0.4) is 0 Å². The highest BCUT2D eigenvalue weighted by atomic mass is 79.9. The molecule has 0 saturated carbocycles. The number of fused-ring (bicyclic) bond motifs is 1. The maximum atomic E-state index is 4.77. The molecule has 0 atom stereocenters. The Morgan fingerprint density at radius 3 is 2.67 bits per heavy atom. The minimum absolute atomic E-state index is 0.242. The Labute approximate surface area is 118 Å². The standard InChI is InChI=1S/C15H21BrN2/c1-4-7-14-17-12-8-5-6-9-13(12)18(14)11-15(2,3)10-16/h5-6,8-9H,4,7,10-11H2,1-3H3. The van der Waals surface area contributed by atoms with Crippen molar-refractivity contribution < 1.29 is 0 Å². The molecule has 0 N–H and O–H groups in total. The van der Waals surface area contributed by atoms with Gasteiger partial charge < -0.3 is 4.57 Å². The summed E-state index contributed by atoms with van der Waals surface area (Å²) in [4.78, 5) is 4.77. The van der Waals surface area contributed by atoms with Crippen molar-refractivity contribution in [2.75, 3.05) is 5.33 Å². The van der Waals surface area contributed by atoms with E-state index in [-0.39, 0.29) is 5.41 Å². The molecule has 0 unspecified atom stereocenters. The second-order valence-electron chi connectivity index (χ2n) is 5.65. The highest BCUT2D eigenvalue weighted by Crippen LogP contribution is 2.25. The maximum absolute atomic E-state index is 4.77. The van der Waals surface area contributed by atoms with Gasteiger partial charge in [-0.15, -0.1) is 0 Å². The lowest BCUT2D eigenvalue weighted by Gasteiger charge is -2.24. The lowest BCUT2D eigenvalue weighted by molar-refractivity contribution is 0.353. The van der Waals surface area contributed by atoms with E-state index in [1.54, 1.807) is 0 Å². The second kappa shape index (κ2) is 5.43. The van der Waals surface area contributed by atoms with Crippen LogP contribution < -0.4 is 0 Å². The normalized spacial score (nSPS) is 12.2. The third-order valence-electron chi connectivity index (χ3n) is 3.16. The molecule has 3 heteroatoms. The number of rotatable bonds is 5.